The van der Waals surface area contributed by atoms with E-state index in [0.29, 0.717) is 47.9 Å². The van der Waals surface area contributed by atoms with Crippen LogP contribution in [0.2, 0.25) is 0 Å². The fourth-order valence-corrected chi connectivity index (χ4v) is 5.97. The number of halogens is 3. The summed E-state index contributed by atoms with van der Waals surface area (Å²) < 4.78 is 48.3. The largest absolute Gasteiger partial charge is 0.457 e. The van der Waals surface area contributed by atoms with Gasteiger partial charge in [-0.05, 0) is 59.5 Å². The van der Waals surface area contributed by atoms with E-state index in [1.54, 1.807) is 29.3 Å². The average Bonchev–Trinajstić information content (AvgIpc) is 3.46. The molecule has 1 fully saturated rings. The molecule has 1 atom stereocenters. The van der Waals surface area contributed by atoms with Crippen molar-refractivity contribution in [3.63, 3.8) is 0 Å². The minimum Gasteiger partial charge on any atom is -0.457 e. The van der Waals surface area contributed by atoms with Crippen LogP contribution in [-0.2, 0) is 19.3 Å². The molecule has 0 saturated carbocycles. The number of piperazine rings is 1. The van der Waals surface area contributed by atoms with Crippen LogP contribution in [0.5, 0.6) is 11.5 Å². The van der Waals surface area contributed by atoms with E-state index in [0.717, 1.165) is 36.7 Å². The molecule has 0 aliphatic carbocycles. The number of hydrogen-bond donors (Lipinski definition) is 3. The number of urea groups is 1. The molecule has 6 rings (SSSR count). The van der Waals surface area contributed by atoms with Gasteiger partial charge in [0.2, 0.25) is 0 Å². The number of hydrogen-bond acceptors (Lipinski definition) is 6. The molecule has 44 heavy (non-hydrogen) atoms. The second-order valence-corrected chi connectivity index (χ2v) is 11.1. The maximum Gasteiger partial charge on any atom is 0.416 e. The molecule has 0 radical (unpaired) electrons. The number of fused-ring (bicyclic) bond motifs is 2. The first kappa shape index (κ1) is 29.5. The first-order chi connectivity index (χ1) is 21.2. The van der Waals surface area contributed by atoms with Gasteiger partial charge in [-0.2, -0.15) is 18.4 Å². The van der Waals surface area contributed by atoms with Gasteiger partial charge in [0.05, 0.1) is 10.9 Å². The number of benzene rings is 2. The summed E-state index contributed by atoms with van der Waals surface area (Å²) in [5, 5.41) is 15.8. The van der Waals surface area contributed by atoms with Crippen LogP contribution in [0.15, 0.2) is 54.7 Å². The quantitative estimate of drug-likeness (QED) is 0.243. The molecule has 2 aliphatic heterocycles. The van der Waals surface area contributed by atoms with Crippen LogP contribution in [0, 0.1) is 11.3 Å². The molecule has 0 spiro atoms. The van der Waals surface area contributed by atoms with Gasteiger partial charge in [-0.15, -0.1) is 0 Å². The third kappa shape index (κ3) is 6.20. The molecule has 12 heteroatoms. The summed E-state index contributed by atoms with van der Waals surface area (Å²) in [6, 6.07) is 14.8. The van der Waals surface area contributed by atoms with Crippen LogP contribution in [0.1, 0.15) is 47.2 Å². The smallest absolute Gasteiger partial charge is 0.416 e. The highest BCUT2D eigenvalue weighted by Crippen LogP contribution is 2.37. The van der Waals surface area contributed by atoms with E-state index < -0.39 is 17.8 Å². The Morgan fingerprint density at radius 1 is 1.16 bits per heavy atom. The minimum absolute atomic E-state index is 0.0567. The van der Waals surface area contributed by atoms with Gasteiger partial charge < -0.3 is 25.3 Å². The minimum atomic E-state index is -4.55. The number of carbonyl (C=O) groups is 1. The number of aromatic amines is 1. The molecule has 1 saturated heterocycles. The molecule has 2 aromatic carbocycles. The topological polar surface area (TPSA) is 109 Å². The molecule has 2 aromatic heterocycles. The second kappa shape index (κ2) is 12.2. The molecule has 2 aliphatic rings. The fraction of sp³-hybridized carbons (Fsp3) is 0.344. The molecular formula is C32H32F3N7O2. The highest BCUT2D eigenvalue weighted by Gasteiger charge is 2.35. The SMILES string of the molecule is CC[C@H]1CN(C(=O)Nc2ccc(CN3CCNCC3)c(C(F)(F)F)c2)Cc2cc(Oc3ccnc4[nH]c(C#N)cc34)ccc21. The molecule has 4 heterocycles. The van der Waals surface area contributed by atoms with Gasteiger partial charge in [-0.1, -0.05) is 19.1 Å². The first-order valence-corrected chi connectivity index (χ1v) is 14.6. The Bertz CT molecular complexity index is 1720. The lowest BCUT2D eigenvalue weighted by molar-refractivity contribution is -0.138. The standard InChI is InChI=1S/C32H32F3N7O2/c1-2-20-18-42(31(43)40-23-4-3-21(28(15-23)32(33,34)35)17-41-11-9-37-10-12-41)19-22-13-25(5-6-26(20)22)44-29-7-8-38-30-27(29)14-24(16-36)39-30/h3-8,13-15,20,37H,2,9-12,17-19H2,1H3,(H,38,39)(H,40,43)/t20-/m0/s1. The van der Waals surface area contributed by atoms with Crippen molar-refractivity contribution >= 4 is 22.8 Å². The van der Waals surface area contributed by atoms with Crippen molar-refractivity contribution in [2.45, 2.75) is 38.5 Å². The van der Waals surface area contributed by atoms with Gasteiger partial charge in [0, 0.05) is 63.6 Å². The Balaban J connectivity index is 1.20. The monoisotopic (exact) mass is 603 g/mol. The van der Waals surface area contributed by atoms with Crippen molar-refractivity contribution in [1.29, 1.82) is 5.26 Å². The van der Waals surface area contributed by atoms with Gasteiger partial charge in [-0.25, -0.2) is 9.78 Å². The van der Waals surface area contributed by atoms with Crippen molar-refractivity contribution in [3.8, 4) is 17.6 Å². The number of ether oxygens (including phenoxy) is 1. The number of alkyl halides is 3. The lowest BCUT2D eigenvalue weighted by atomic mass is 9.88. The third-order valence-corrected chi connectivity index (χ3v) is 8.25. The van der Waals surface area contributed by atoms with Gasteiger partial charge in [0.1, 0.15) is 28.9 Å². The molecule has 9 nitrogen and oxygen atoms in total. The molecule has 0 bridgehead atoms. The van der Waals surface area contributed by atoms with Gasteiger partial charge >= 0.3 is 12.2 Å². The van der Waals surface area contributed by atoms with E-state index >= 15 is 0 Å². The molecule has 228 valence electrons. The molecule has 4 aromatic rings. The maximum absolute atomic E-state index is 14.1. The van der Waals surface area contributed by atoms with E-state index in [2.05, 4.69) is 26.7 Å². The van der Waals surface area contributed by atoms with Gasteiger partial charge in [0.25, 0.3) is 0 Å². The number of nitriles is 1. The number of aromatic nitrogens is 2. The van der Waals surface area contributed by atoms with Crippen molar-refractivity contribution < 1.29 is 22.7 Å². The Hall–Kier alpha value is -4.60. The van der Waals surface area contributed by atoms with E-state index in [-0.39, 0.29) is 30.3 Å². The van der Waals surface area contributed by atoms with Gasteiger partial charge in [0.15, 0.2) is 0 Å². The second-order valence-electron chi connectivity index (χ2n) is 11.1. The highest BCUT2D eigenvalue weighted by atomic mass is 19.4. The van der Waals surface area contributed by atoms with Gasteiger partial charge in [-0.3, -0.25) is 4.90 Å². The van der Waals surface area contributed by atoms with Crippen LogP contribution in [-0.4, -0.2) is 58.5 Å². The Morgan fingerprint density at radius 2 is 1.98 bits per heavy atom. The van der Waals surface area contributed by atoms with E-state index in [1.165, 1.54) is 6.07 Å². The summed E-state index contributed by atoms with van der Waals surface area (Å²) >= 11 is 0. The molecular weight excluding hydrogens is 571 g/mol. The lowest BCUT2D eigenvalue weighted by Gasteiger charge is -2.34. The molecule has 0 unspecified atom stereocenters. The van der Waals surface area contributed by atoms with E-state index in [9.17, 15) is 23.2 Å². The number of nitrogens with one attached hydrogen (secondary N) is 3. The van der Waals surface area contributed by atoms with Crippen LogP contribution < -0.4 is 15.4 Å². The van der Waals surface area contributed by atoms with Crippen LogP contribution in [0.4, 0.5) is 23.7 Å². The van der Waals surface area contributed by atoms with E-state index in [4.69, 9.17) is 4.74 Å². The first-order valence-electron chi connectivity index (χ1n) is 14.6. The number of nitrogens with zero attached hydrogens (tertiary/aromatic N) is 4. The highest BCUT2D eigenvalue weighted by molar-refractivity contribution is 5.90. The maximum atomic E-state index is 14.1. The summed E-state index contributed by atoms with van der Waals surface area (Å²) in [6.07, 6.45) is -2.18. The number of anilines is 1. The third-order valence-electron chi connectivity index (χ3n) is 8.25. The Labute approximate surface area is 252 Å². The number of rotatable bonds is 6. The van der Waals surface area contributed by atoms with Crippen molar-refractivity contribution in [2.75, 3.05) is 38.0 Å². The lowest BCUT2D eigenvalue weighted by Crippen LogP contribution is -2.43. The van der Waals surface area contributed by atoms with Crippen molar-refractivity contribution in [1.82, 2.24) is 25.1 Å². The van der Waals surface area contributed by atoms with E-state index in [1.807, 2.05) is 30.0 Å². The Morgan fingerprint density at radius 3 is 2.73 bits per heavy atom. The normalized spacial score (nSPS) is 17.2. The molecule has 2 amide bonds. The predicted octanol–water partition coefficient (Wildman–Crippen LogP) is 6.19. The summed E-state index contributed by atoms with van der Waals surface area (Å²) in [5.74, 6) is 1.15. The number of H-pyrrole nitrogens is 1. The number of carbonyl (C=O) groups excluding carboxylic acids is 1. The number of amides is 2. The van der Waals surface area contributed by atoms with Crippen molar-refractivity contribution in [3.05, 3.63) is 82.7 Å². The molecule has 3 N–H and O–H groups in total. The van der Waals surface area contributed by atoms with Crippen molar-refractivity contribution in [2.24, 2.45) is 0 Å². The zero-order valence-corrected chi connectivity index (χ0v) is 24.2. The van der Waals surface area contributed by atoms with Crippen LogP contribution >= 0.6 is 0 Å². The number of pyridine rings is 1. The Kier molecular flexibility index (Phi) is 8.16. The summed E-state index contributed by atoms with van der Waals surface area (Å²) in [6.45, 7) is 5.79. The predicted molar refractivity (Wildman–Crippen MR) is 159 cm³/mol. The summed E-state index contributed by atoms with van der Waals surface area (Å²) in [4.78, 5) is 24.2. The van der Waals surface area contributed by atoms with Crippen LogP contribution in [0.3, 0.4) is 0 Å². The van der Waals surface area contributed by atoms with Crippen LogP contribution in [0.25, 0.3) is 11.0 Å². The zero-order chi connectivity index (χ0) is 30.8. The zero-order valence-electron chi connectivity index (χ0n) is 24.2. The fourth-order valence-electron chi connectivity index (χ4n) is 5.97. The average molecular weight is 604 g/mol. The summed E-state index contributed by atoms with van der Waals surface area (Å²) in [7, 11) is 0. The summed E-state index contributed by atoms with van der Waals surface area (Å²) in [5.41, 5.74) is 2.48.